The monoisotopic (exact) mass is 557 g/mol. The zero-order valence-corrected chi connectivity index (χ0v) is 23.5. The number of amides is 1. The van der Waals surface area contributed by atoms with Gasteiger partial charge in [-0.1, -0.05) is 48.5 Å². The van der Waals surface area contributed by atoms with Crippen LogP contribution in [0.2, 0.25) is 0 Å². The second-order valence-corrected chi connectivity index (χ2v) is 9.42. The van der Waals surface area contributed by atoms with Crippen LogP contribution in [0.25, 0.3) is 17.2 Å². The molecular weight excluding hydrogens is 526 g/mol. The fourth-order valence-electron chi connectivity index (χ4n) is 3.93. The molecule has 1 amide bonds. The molecule has 1 N–H and O–H groups in total. The number of carbonyl (C=O) groups is 2. The van der Waals surface area contributed by atoms with Gasteiger partial charge in [0.1, 0.15) is 22.9 Å². The molecule has 0 aliphatic heterocycles. The highest BCUT2D eigenvalue weighted by Crippen LogP contribution is 2.37. The highest BCUT2D eigenvalue weighted by Gasteiger charge is 2.22. The molecule has 8 heteroatoms. The maximum Gasteiger partial charge on any atom is 0.341 e. The largest absolute Gasteiger partial charge is 0.494 e. The molecule has 0 unspecified atom stereocenters. The summed E-state index contributed by atoms with van der Waals surface area (Å²) in [7, 11) is 1.57. The van der Waals surface area contributed by atoms with Gasteiger partial charge in [-0.3, -0.25) is 4.79 Å². The molecule has 206 valence electrons. The predicted molar refractivity (Wildman–Crippen MR) is 158 cm³/mol. The van der Waals surface area contributed by atoms with E-state index in [9.17, 15) is 9.59 Å². The molecular formula is C32H31NO6S. The Kier molecular flexibility index (Phi) is 9.96. The summed E-state index contributed by atoms with van der Waals surface area (Å²) in [6.07, 6.45) is 3.08. The molecule has 4 rings (SSSR count). The van der Waals surface area contributed by atoms with Crippen LogP contribution in [-0.2, 0) is 16.1 Å². The summed E-state index contributed by atoms with van der Waals surface area (Å²) in [5.74, 6) is 1.02. The second kappa shape index (κ2) is 14.0. The molecule has 40 heavy (non-hydrogen) atoms. The lowest BCUT2D eigenvalue weighted by Gasteiger charge is -2.11. The Morgan fingerprint density at radius 1 is 0.900 bits per heavy atom. The van der Waals surface area contributed by atoms with Crippen molar-refractivity contribution in [1.29, 1.82) is 0 Å². The number of hydrogen-bond acceptors (Lipinski definition) is 7. The number of esters is 1. The number of ether oxygens (including phenoxy) is 4. The Balaban J connectivity index is 1.48. The topological polar surface area (TPSA) is 83.1 Å². The molecule has 0 saturated heterocycles. The fraction of sp³-hybridized carbons (Fsp3) is 0.188. The van der Waals surface area contributed by atoms with Gasteiger partial charge in [0.25, 0.3) is 0 Å². The minimum Gasteiger partial charge on any atom is -0.494 e. The van der Waals surface area contributed by atoms with Gasteiger partial charge in [0, 0.05) is 17.0 Å². The standard InChI is InChI=1S/C32H31NO6S/c1-4-37-25-15-13-24(14-16-25)26-21-40-31(30(26)32(35)38-5-2)33-29(34)18-12-22-11-17-27(28(19-22)36-3)39-20-23-9-7-6-8-10-23/h6-19,21H,4-5,20H2,1-3H3,(H,33,34)/b18-12+. The minimum absolute atomic E-state index is 0.220. The van der Waals surface area contributed by atoms with Crippen LogP contribution in [0.1, 0.15) is 35.3 Å². The van der Waals surface area contributed by atoms with Crippen molar-refractivity contribution >= 4 is 34.3 Å². The third-order valence-electron chi connectivity index (χ3n) is 5.84. The van der Waals surface area contributed by atoms with E-state index in [1.54, 1.807) is 32.2 Å². The first kappa shape index (κ1) is 28.4. The quantitative estimate of drug-likeness (QED) is 0.146. The van der Waals surface area contributed by atoms with Crippen LogP contribution in [0, 0.1) is 0 Å². The first-order valence-electron chi connectivity index (χ1n) is 12.9. The zero-order chi connectivity index (χ0) is 28.3. The maximum absolute atomic E-state index is 12.9. The number of nitrogens with one attached hydrogen (secondary N) is 1. The summed E-state index contributed by atoms with van der Waals surface area (Å²) in [5, 5.41) is 5.08. The molecule has 7 nitrogen and oxygen atoms in total. The van der Waals surface area contributed by atoms with Crippen molar-refractivity contribution in [1.82, 2.24) is 0 Å². The van der Waals surface area contributed by atoms with Crippen LogP contribution in [0.15, 0.2) is 84.3 Å². The van der Waals surface area contributed by atoms with E-state index in [4.69, 9.17) is 18.9 Å². The molecule has 0 saturated carbocycles. The Labute approximate surface area is 238 Å². The molecule has 3 aromatic carbocycles. The summed E-state index contributed by atoms with van der Waals surface area (Å²) < 4.78 is 22.2. The molecule has 1 aromatic heterocycles. The van der Waals surface area contributed by atoms with Gasteiger partial charge in [-0.15, -0.1) is 11.3 Å². The molecule has 0 aliphatic rings. The van der Waals surface area contributed by atoms with E-state index in [2.05, 4.69) is 5.32 Å². The van der Waals surface area contributed by atoms with E-state index in [1.165, 1.54) is 17.4 Å². The number of rotatable bonds is 12. The van der Waals surface area contributed by atoms with E-state index >= 15 is 0 Å². The Hall–Kier alpha value is -4.56. The predicted octanol–water partition coefficient (Wildman–Crippen LogP) is 7.23. The molecule has 4 aromatic rings. The highest BCUT2D eigenvalue weighted by molar-refractivity contribution is 7.15. The van der Waals surface area contributed by atoms with Gasteiger partial charge in [0.05, 0.1) is 20.3 Å². The lowest BCUT2D eigenvalue weighted by atomic mass is 10.0. The summed E-state index contributed by atoms with van der Waals surface area (Å²) in [6, 6.07) is 22.7. The van der Waals surface area contributed by atoms with Crippen LogP contribution >= 0.6 is 11.3 Å². The summed E-state index contributed by atoms with van der Waals surface area (Å²) in [6.45, 7) is 4.86. The maximum atomic E-state index is 12.9. The van der Waals surface area contributed by atoms with E-state index in [1.807, 2.05) is 73.0 Å². The van der Waals surface area contributed by atoms with Crippen LogP contribution < -0.4 is 19.5 Å². The van der Waals surface area contributed by atoms with Gasteiger partial charge in [0.15, 0.2) is 11.5 Å². The molecule has 0 atom stereocenters. The van der Waals surface area contributed by atoms with Gasteiger partial charge in [0.2, 0.25) is 5.91 Å². The van der Waals surface area contributed by atoms with Crippen molar-refractivity contribution < 1.29 is 28.5 Å². The van der Waals surface area contributed by atoms with Gasteiger partial charge in [-0.25, -0.2) is 4.79 Å². The first-order chi connectivity index (χ1) is 19.5. The van der Waals surface area contributed by atoms with E-state index in [0.29, 0.717) is 40.8 Å². The number of benzene rings is 3. The van der Waals surface area contributed by atoms with E-state index in [0.717, 1.165) is 22.4 Å². The van der Waals surface area contributed by atoms with Crippen LogP contribution in [0.3, 0.4) is 0 Å². The Morgan fingerprint density at radius 3 is 2.38 bits per heavy atom. The molecule has 0 fully saturated rings. The number of thiophene rings is 1. The van der Waals surface area contributed by atoms with Gasteiger partial charge < -0.3 is 24.3 Å². The summed E-state index contributed by atoms with van der Waals surface area (Å²) in [5.41, 5.74) is 3.62. The SMILES string of the molecule is CCOC(=O)c1c(-c2ccc(OCC)cc2)csc1NC(=O)/C=C/c1ccc(OCc2ccccc2)c(OC)c1. The second-order valence-electron chi connectivity index (χ2n) is 8.54. The normalized spacial score (nSPS) is 10.8. The van der Waals surface area contributed by atoms with Gasteiger partial charge in [-0.2, -0.15) is 0 Å². The van der Waals surface area contributed by atoms with E-state index in [-0.39, 0.29) is 12.5 Å². The first-order valence-corrected chi connectivity index (χ1v) is 13.8. The van der Waals surface area contributed by atoms with Crippen molar-refractivity contribution in [3.8, 4) is 28.4 Å². The van der Waals surface area contributed by atoms with Crippen molar-refractivity contribution in [3.63, 3.8) is 0 Å². The average Bonchev–Trinajstić information content (AvgIpc) is 3.39. The molecule has 0 spiro atoms. The molecule has 0 radical (unpaired) electrons. The lowest BCUT2D eigenvalue weighted by Crippen LogP contribution is -2.12. The van der Waals surface area contributed by atoms with Crippen LogP contribution in [-0.4, -0.2) is 32.2 Å². The van der Waals surface area contributed by atoms with Crippen molar-refractivity contribution in [2.45, 2.75) is 20.5 Å². The number of hydrogen-bond donors (Lipinski definition) is 1. The molecule has 0 bridgehead atoms. The van der Waals surface area contributed by atoms with Crippen molar-refractivity contribution in [2.24, 2.45) is 0 Å². The fourth-order valence-corrected chi connectivity index (χ4v) is 4.89. The highest BCUT2D eigenvalue weighted by atomic mass is 32.1. The van der Waals surface area contributed by atoms with Gasteiger partial charge >= 0.3 is 5.97 Å². The average molecular weight is 558 g/mol. The number of anilines is 1. The van der Waals surface area contributed by atoms with Gasteiger partial charge in [-0.05, 0) is 60.9 Å². The van der Waals surface area contributed by atoms with Crippen molar-refractivity contribution in [3.05, 3.63) is 101 Å². The Bertz CT molecular complexity index is 1460. The van der Waals surface area contributed by atoms with Crippen molar-refractivity contribution in [2.75, 3.05) is 25.6 Å². The summed E-state index contributed by atoms with van der Waals surface area (Å²) >= 11 is 1.27. The number of methoxy groups -OCH3 is 1. The lowest BCUT2D eigenvalue weighted by molar-refractivity contribution is -0.111. The zero-order valence-electron chi connectivity index (χ0n) is 22.6. The minimum atomic E-state index is -0.497. The smallest absolute Gasteiger partial charge is 0.341 e. The third kappa shape index (κ3) is 7.30. The number of carbonyl (C=O) groups excluding carboxylic acids is 2. The van der Waals surface area contributed by atoms with Crippen LogP contribution in [0.4, 0.5) is 5.00 Å². The molecule has 1 heterocycles. The third-order valence-corrected chi connectivity index (χ3v) is 6.73. The van der Waals surface area contributed by atoms with E-state index < -0.39 is 5.97 Å². The Morgan fingerprint density at radius 2 is 1.68 bits per heavy atom. The summed E-state index contributed by atoms with van der Waals surface area (Å²) in [4.78, 5) is 25.7. The molecule has 0 aliphatic carbocycles. The van der Waals surface area contributed by atoms with Crippen LogP contribution in [0.5, 0.6) is 17.2 Å².